The zero-order valence-electron chi connectivity index (χ0n) is 17.0. The van der Waals surface area contributed by atoms with Crippen LogP contribution < -0.4 is 14.9 Å². The highest BCUT2D eigenvalue weighted by Gasteiger charge is 2.51. The van der Waals surface area contributed by atoms with Crippen LogP contribution >= 0.6 is 0 Å². The summed E-state index contributed by atoms with van der Waals surface area (Å²) in [5, 5.41) is 0. The lowest BCUT2D eigenvalue weighted by Gasteiger charge is -2.32. The molecule has 0 bridgehead atoms. The molecule has 0 amide bonds. The number of hydrogen-bond donors (Lipinski definition) is 0. The van der Waals surface area contributed by atoms with Gasteiger partial charge in [0.15, 0.2) is 0 Å². The molecule has 5 heteroatoms. The van der Waals surface area contributed by atoms with Gasteiger partial charge in [0, 0.05) is 6.42 Å². The lowest BCUT2D eigenvalue weighted by Crippen LogP contribution is -2.41. The van der Waals surface area contributed by atoms with Gasteiger partial charge in [-0.3, -0.25) is 0 Å². The SMILES string of the molecule is Cc1cc(B2OC(C)(C)C(C)(C)O2)ccc1OCCCOc1ccccc1. The first-order valence-corrected chi connectivity index (χ1v) is 9.55. The summed E-state index contributed by atoms with van der Waals surface area (Å²) in [6.07, 6.45) is 0.827. The summed E-state index contributed by atoms with van der Waals surface area (Å²) in [5.74, 6) is 1.77. The predicted molar refractivity (Wildman–Crippen MR) is 109 cm³/mol. The van der Waals surface area contributed by atoms with Crippen LogP contribution in [-0.4, -0.2) is 31.5 Å². The average Bonchev–Trinajstić information content (AvgIpc) is 2.84. The maximum absolute atomic E-state index is 6.12. The molecule has 0 radical (unpaired) electrons. The number of aryl methyl sites for hydroxylation is 1. The van der Waals surface area contributed by atoms with Gasteiger partial charge in [-0.05, 0) is 63.8 Å². The van der Waals surface area contributed by atoms with Gasteiger partial charge < -0.3 is 18.8 Å². The zero-order chi connectivity index (χ0) is 19.5. The van der Waals surface area contributed by atoms with Crippen LogP contribution in [0.5, 0.6) is 11.5 Å². The van der Waals surface area contributed by atoms with Crippen molar-refractivity contribution in [1.29, 1.82) is 0 Å². The molecule has 27 heavy (non-hydrogen) atoms. The molecule has 0 aliphatic carbocycles. The van der Waals surface area contributed by atoms with E-state index in [-0.39, 0.29) is 18.3 Å². The maximum Gasteiger partial charge on any atom is 0.494 e. The molecule has 2 aromatic carbocycles. The second kappa shape index (κ2) is 7.95. The maximum atomic E-state index is 6.12. The van der Waals surface area contributed by atoms with Crippen molar-refractivity contribution in [3.8, 4) is 11.5 Å². The summed E-state index contributed by atoms with van der Waals surface area (Å²) in [6, 6.07) is 15.9. The van der Waals surface area contributed by atoms with Crippen molar-refractivity contribution < 1.29 is 18.8 Å². The van der Waals surface area contributed by atoms with Gasteiger partial charge in [0.25, 0.3) is 0 Å². The molecule has 0 atom stereocenters. The van der Waals surface area contributed by atoms with Crippen LogP contribution in [0.15, 0.2) is 48.5 Å². The third-order valence-corrected chi connectivity index (χ3v) is 5.28. The Morgan fingerprint density at radius 1 is 0.852 bits per heavy atom. The van der Waals surface area contributed by atoms with E-state index < -0.39 is 0 Å². The Bertz CT molecular complexity index is 742. The molecule has 1 heterocycles. The van der Waals surface area contributed by atoms with Crippen molar-refractivity contribution in [2.45, 2.75) is 52.2 Å². The minimum absolute atomic E-state index is 0.334. The molecule has 2 aromatic rings. The average molecular weight is 368 g/mol. The van der Waals surface area contributed by atoms with E-state index in [1.165, 1.54) is 0 Å². The Morgan fingerprint density at radius 2 is 1.48 bits per heavy atom. The Morgan fingerprint density at radius 3 is 2.11 bits per heavy atom. The van der Waals surface area contributed by atoms with E-state index in [0.29, 0.717) is 13.2 Å². The molecule has 0 N–H and O–H groups in total. The van der Waals surface area contributed by atoms with Gasteiger partial charge in [0.2, 0.25) is 0 Å². The molecule has 1 aliphatic rings. The third-order valence-electron chi connectivity index (χ3n) is 5.28. The molecule has 0 saturated carbocycles. The lowest BCUT2D eigenvalue weighted by atomic mass is 9.78. The first-order chi connectivity index (χ1) is 12.8. The number of rotatable bonds is 7. The monoisotopic (exact) mass is 368 g/mol. The van der Waals surface area contributed by atoms with Crippen molar-refractivity contribution in [3.63, 3.8) is 0 Å². The van der Waals surface area contributed by atoms with E-state index in [1.54, 1.807) is 0 Å². The zero-order valence-corrected chi connectivity index (χ0v) is 17.0. The summed E-state index contributed by atoms with van der Waals surface area (Å²) in [6.45, 7) is 11.6. The molecule has 4 nitrogen and oxygen atoms in total. The fourth-order valence-corrected chi connectivity index (χ4v) is 2.91. The number of benzene rings is 2. The van der Waals surface area contributed by atoms with Crippen molar-refractivity contribution in [3.05, 3.63) is 54.1 Å². The van der Waals surface area contributed by atoms with Gasteiger partial charge in [-0.1, -0.05) is 30.3 Å². The van der Waals surface area contributed by atoms with E-state index in [4.69, 9.17) is 18.8 Å². The van der Waals surface area contributed by atoms with E-state index in [1.807, 2.05) is 49.4 Å². The fraction of sp³-hybridized carbons (Fsp3) is 0.455. The fourth-order valence-electron chi connectivity index (χ4n) is 2.91. The van der Waals surface area contributed by atoms with E-state index in [0.717, 1.165) is 28.9 Å². The Labute approximate surface area is 162 Å². The largest absolute Gasteiger partial charge is 0.494 e. The number of hydrogen-bond acceptors (Lipinski definition) is 4. The van der Waals surface area contributed by atoms with Crippen LogP contribution in [0.25, 0.3) is 0 Å². The molecule has 1 fully saturated rings. The second-order valence-corrected chi connectivity index (χ2v) is 7.98. The summed E-state index contributed by atoms with van der Waals surface area (Å²) in [7, 11) is -0.345. The first kappa shape index (κ1) is 19.8. The van der Waals surface area contributed by atoms with Gasteiger partial charge in [-0.25, -0.2) is 0 Å². The Kier molecular flexibility index (Phi) is 5.82. The molecular weight excluding hydrogens is 339 g/mol. The van der Waals surface area contributed by atoms with Gasteiger partial charge in [-0.15, -0.1) is 0 Å². The van der Waals surface area contributed by atoms with Crippen LogP contribution in [0.1, 0.15) is 39.7 Å². The molecule has 1 aliphatic heterocycles. The van der Waals surface area contributed by atoms with Crippen molar-refractivity contribution in [2.24, 2.45) is 0 Å². The van der Waals surface area contributed by atoms with Crippen molar-refractivity contribution >= 4 is 12.6 Å². The molecule has 1 saturated heterocycles. The predicted octanol–water partition coefficient (Wildman–Crippen LogP) is 4.14. The quantitative estimate of drug-likeness (QED) is 0.544. The standard InChI is InChI=1S/C22H29BO4/c1-17-16-18(23-26-21(2,3)22(4,5)27-23)12-13-20(17)25-15-9-14-24-19-10-7-6-8-11-19/h6-8,10-13,16H,9,14-15H2,1-5H3. The minimum atomic E-state index is -0.345. The minimum Gasteiger partial charge on any atom is -0.493 e. The summed E-state index contributed by atoms with van der Waals surface area (Å²) >= 11 is 0. The number of ether oxygens (including phenoxy) is 2. The molecule has 0 unspecified atom stereocenters. The number of para-hydroxylation sites is 1. The lowest BCUT2D eigenvalue weighted by molar-refractivity contribution is 0.00578. The highest BCUT2D eigenvalue weighted by molar-refractivity contribution is 6.62. The third kappa shape index (κ3) is 4.66. The smallest absolute Gasteiger partial charge is 0.493 e. The Hall–Kier alpha value is -1.98. The molecule has 0 spiro atoms. The molecule has 3 rings (SSSR count). The summed E-state index contributed by atoms with van der Waals surface area (Å²) in [5.41, 5.74) is 1.43. The summed E-state index contributed by atoms with van der Waals surface area (Å²) in [4.78, 5) is 0. The topological polar surface area (TPSA) is 36.9 Å². The van der Waals surface area contributed by atoms with Crippen LogP contribution in [0.2, 0.25) is 0 Å². The first-order valence-electron chi connectivity index (χ1n) is 9.55. The van der Waals surface area contributed by atoms with Gasteiger partial charge in [0.1, 0.15) is 11.5 Å². The van der Waals surface area contributed by atoms with Crippen molar-refractivity contribution in [1.82, 2.24) is 0 Å². The van der Waals surface area contributed by atoms with Gasteiger partial charge in [0.05, 0.1) is 24.4 Å². The highest BCUT2D eigenvalue weighted by atomic mass is 16.7. The van der Waals surface area contributed by atoms with Gasteiger partial charge >= 0.3 is 7.12 Å². The van der Waals surface area contributed by atoms with Crippen LogP contribution in [-0.2, 0) is 9.31 Å². The molecule has 144 valence electrons. The summed E-state index contributed by atoms with van der Waals surface area (Å²) < 4.78 is 23.8. The highest BCUT2D eigenvalue weighted by Crippen LogP contribution is 2.36. The van der Waals surface area contributed by atoms with E-state index >= 15 is 0 Å². The molecular formula is C22H29BO4. The van der Waals surface area contributed by atoms with Crippen molar-refractivity contribution in [2.75, 3.05) is 13.2 Å². The van der Waals surface area contributed by atoms with Gasteiger partial charge in [-0.2, -0.15) is 0 Å². The normalized spacial score (nSPS) is 17.7. The second-order valence-electron chi connectivity index (χ2n) is 7.98. The Balaban J connectivity index is 1.50. The van der Waals surface area contributed by atoms with Crippen LogP contribution in [0, 0.1) is 6.92 Å². The van der Waals surface area contributed by atoms with Crippen LogP contribution in [0.3, 0.4) is 0 Å². The molecule has 0 aromatic heterocycles. The van der Waals surface area contributed by atoms with E-state index in [2.05, 4.69) is 33.8 Å². The van der Waals surface area contributed by atoms with E-state index in [9.17, 15) is 0 Å². The van der Waals surface area contributed by atoms with Crippen LogP contribution in [0.4, 0.5) is 0 Å².